The van der Waals surface area contributed by atoms with Crippen molar-refractivity contribution >= 4 is 46.6 Å². The molecule has 2 aromatic heterocycles. The number of nitrogen functional groups attached to an aromatic ring is 2. The molecule has 94 valence electrons. The second-order valence-electron chi connectivity index (χ2n) is 3.45. The van der Waals surface area contributed by atoms with Crippen LogP contribution in [0.5, 0.6) is 0 Å². The Morgan fingerprint density at radius 3 is 2.61 bits per heavy atom. The molecule has 18 heavy (non-hydrogen) atoms. The number of anilines is 2. The standard InChI is InChI=1S/C10H9Cl2N5S/c1-4-3-15-10(9(14)16-4)18-5-2-6(13)17-8(12)7(5)11/h2-3H,1H3,(H2,13,17)(H2,14,16). The molecule has 0 aliphatic heterocycles. The van der Waals surface area contributed by atoms with Crippen LogP contribution in [0.2, 0.25) is 10.2 Å². The van der Waals surface area contributed by atoms with Crippen molar-refractivity contribution in [2.45, 2.75) is 16.8 Å². The van der Waals surface area contributed by atoms with E-state index in [1.54, 1.807) is 12.3 Å². The van der Waals surface area contributed by atoms with Gasteiger partial charge < -0.3 is 11.5 Å². The zero-order valence-electron chi connectivity index (χ0n) is 9.32. The molecule has 5 nitrogen and oxygen atoms in total. The fourth-order valence-electron chi connectivity index (χ4n) is 1.24. The number of rotatable bonds is 2. The van der Waals surface area contributed by atoms with Gasteiger partial charge in [-0.2, -0.15) is 0 Å². The van der Waals surface area contributed by atoms with Crippen molar-refractivity contribution in [2.24, 2.45) is 0 Å². The van der Waals surface area contributed by atoms with Gasteiger partial charge in [0.25, 0.3) is 0 Å². The highest BCUT2D eigenvalue weighted by molar-refractivity contribution is 7.99. The van der Waals surface area contributed by atoms with Crippen LogP contribution in [0.25, 0.3) is 0 Å². The highest BCUT2D eigenvalue weighted by Gasteiger charge is 2.12. The van der Waals surface area contributed by atoms with E-state index in [1.165, 1.54) is 11.8 Å². The van der Waals surface area contributed by atoms with Crippen LogP contribution < -0.4 is 11.5 Å². The quantitative estimate of drug-likeness (QED) is 0.829. The fourth-order valence-corrected chi connectivity index (χ4v) is 2.53. The van der Waals surface area contributed by atoms with Crippen LogP contribution in [0.4, 0.5) is 11.6 Å². The predicted molar refractivity (Wildman–Crippen MR) is 74.0 cm³/mol. The lowest BCUT2D eigenvalue weighted by Crippen LogP contribution is -1.98. The Balaban J connectivity index is 2.40. The first-order chi connectivity index (χ1) is 8.47. The lowest BCUT2D eigenvalue weighted by Gasteiger charge is -2.07. The van der Waals surface area contributed by atoms with Crippen molar-refractivity contribution in [1.82, 2.24) is 15.0 Å². The molecule has 2 aromatic rings. The molecule has 0 fully saturated rings. The molecular formula is C10H9Cl2N5S. The SMILES string of the molecule is Cc1cnc(Sc2cc(N)nc(Cl)c2Cl)c(N)n1. The molecule has 0 aliphatic carbocycles. The van der Waals surface area contributed by atoms with Gasteiger partial charge in [-0.15, -0.1) is 0 Å². The maximum atomic E-state index is 6.04. The summed E-state index contributed by atoms with van der Waals surface area (Å²) in [5.41, 5.74) is 12.1. The van der Waals surface area contributed by atoms with Gasteiger partial charge >= 0.3 is 0 Å². The number of hydrogen-bond acceptors (Lipinski definition) is 6. The first-order valence-electron chi connectivity index (χ1n) is 4.86. The average molecular weight is 302 g/mol. The molecule has 2 heterocycles. The normalized spacial score (nSPS) is 10.6. The van der Waals surface area contributed by atoms with E-state index < -0.39 is 0 Å². The fraction of sp³-hybridized carbons (Fsp3) is 0.100. The molecule has 0 amide bonds. The Morgan fingerprint density at radius 1 is 1.22 bits per heavy atom. The molecule has 8 heteroatoms. The summed E-state index contributed by atoms with van der Waals surface area (Å²) < 4.78 is 0. The third kappa shape index (κ3) is 2.77. The minimum atomic E-state index is 0.151. The summed E-state index contributed by atoms with van der Waals surface area (Å²) in [7, 11) is 0. The minimum absolute atomic E-state index is 0.151. The predicted octanol–water partition coefficient (Wildman–Crippen LogP) is 2.80. The first-order valence-corrected chi connectivity index (χ1v) is 6.43. The zero-order valence-corrected chi connectivity index (χ0v) is 11.6. The van der Waals surface area contributed by atoms with Gasteiger partial charge in [0.1, 0.15) is 10.8 Å². The van der Waals surface area contributed by atoms with Gasteiger partial charge in [0.2, 0.25) is 0 Å². The molecule has 0 aromatic carbocycles. The third-order valence-corrected chi connectivity index (χ3v) is 3.91. The molecule has 0 aliphatic rings. The molecule has 0 unspecified atom stereocenters. The second-order valence-corrected chi connectivity index (χ2v) is 5.22. The van der Waals surface area contributed by atoms with Gasteiger partial charge in [0, 0.05) is 11.1 Å². The summed E-state index contributed by atoms with van der Waals surface area (Å²) in [4.78, 5) is 12.8. The molecule has 2 rings (SSSR count). The van der Waals surface area contributed by atoms with Crippen LogP contribution in [0.3, 0.4) is 0 Å². The highest BCUT2D eigenvalue weighted by Crippen LogP contribution is 2.38. The van der Waals surface area contributed by atoms with E-state index in [2.05, 4.69) is 15.0 Å². The number of hydrogen-bond donors (Lipinski definition) is 2. The van der Waals surface area contributed by atoms with Crippen molar-refractivity contribution in [1.29, 1.82) is 0 Å². The molecule has 0 saturated carbocycles. The zero-order chi connectivity index (χ0) is 13.3. The van der Waals surface area contributed by atoms with E-state index in [1.807, 2.05) is 6.92 Å². The largest absolute Gasteiger partial charge is 0.384 e. The maximum Gasteiger partial charge on any atom is 0.156 e. The van der Waals surface area contributed by atoms with E-state index >= 15 is 0 Å². The first kappa shape index (κ1) is 13.2. The van der Waals surface area contributed by atoms with E-state index in [-0.39, 0.29) is 11.0 Å². The molecule has 4 N–H and O–H groups in total. The highest BCUT2D eigenvalue weighted by atomic mass is 35.5. The van der Waals surface area contributed by atoms with Crippen molar-refractivity contribution in [3.63, 3.8) is 0 Å². The van der Waals surface area contributed by atoms with Crippen molar-refractivity contribution in [2.75, 3.05) is 11.5 Å². The number of aromatic nitrogens is 3. The van der Waals surface area contributed by atoms with Crippen molar-refractivity contribution in [3.8, 4) is 0 Å². The molecule has 0 atom stereocenters. The van der Waals surface area contributed by atoms with E-state index in [0.29, 0.717) is 20.8 Å². The molecule has 0 saturated heterocycles. The summed E-state index contributed by atoms with van der Waals surface area (Å²) in [6, 6.07) is 1.61. The monoisotopic (exact) mass is 301 g/mol. The minimum Gasteiger partial charge on any atom is -0.384 e. The Kier molecular flexibility index (Phi) is 3.79. The van der Waals surface area contributed by atoms with Gasteiger partial charge in [-0.1, -0.05) is 35.0 Å². The Hall–Kier alpha value is -1.24. The summed E-state index contributed by atoms with van der Waals surface area (Å²) in [5.74, 6) is 0.619. The van der Waals surface area contributed by atoms with Crippen LogP contribution in [0.15, 0.2) is 22.2 Å². The summed E-state index contributed by atoms with van der Waals surface area (Å²) in [6.07, 6.45) is 1.62. The topological polar surface area (TPSA) is 90.7 Å². The number of nitrogens with two attached hydrogens (primary N) is 2. The summed E-state index contributed by atoms with van der Waals surface area (Å²) >= 11 is 13.1. The van der Waals surface area contributed by atoms with E-state index in [4.69, 9.17) is 34.7 Å². The Labute approximate surface area is 118 Å². The van der Waals surface area contributed by atoms with Crippen LogP contribution >= 0.6 is 35.0 Å². The third-order valence-electron chi connectivity index (χ3n) is 1.99. The van der Waals surface area contributed by atoms with Gasteiger partial charge in [-0.3, -0.25) is 0 Å². The lowest BCUT2D eigenvalue weighted by molar-refractivity contribution is 1.03. The average Bonchev–Trinajstić information content (AvgIpc) is 2.29. The molecule has 0 bridgehead atoms. The van der Waals surface area contributed by atoms with Crippen LogP contribution in [0.1, 0.15) is 5.69 Å². The molecular weight excluding hydrogens is 293 g/mol. The smallest absolute Gasteiger partial charge is 0.156 e. The van der Waals surface area contributed by atoms with Crippen molar-refractivity contribution in [3.05, 3.63) is 28.1 Å². The summed E-state index contributed by atoms with van der Waals surface area (Å²) in [6.45, 7) is 1.81. The number of halogens is 2. The van der Waals surface area contributed by atoms with Gasteiger partial charge in [-0.25, -0.2) is 15.0 Å². The Bertz CT molecular complexity index is 605. The Morgan fingerprint density at radius 2 is 1.94 bits per heavy atom. The number of nitrogens with zero attached hydrogens (tertiary/aromatic N) is 3. The van der Waals surface area contributed by atoms with Crippen molar-refractivity contribution < 1.29 is 0 Å². The van der Waals surface area contributed by atoms with Gasteiger partial charge in [0.15, 0.2) is 11.0 Å². The van der Waals surface area contributed by atoms with Crippen LogP contribution in [0, 0.1) is 6.92 Å². The summed E-state index contributed by atoms with van der Waals surface area (Å²) in [5, 5.41) is 1.01. The van der Waals surface area contributed by atoms with Gasteiger partial charge in [0.05, 0.1) is 10.7 Å². The lowest BCUT2D eigenvalue weighted by atomic mass is 10.5. The van der Waals surface area contributed by atoms with Gasteiger partial charge in [-0.05, 0) is 13.0 Å². The molecule has 0 radical (unpaired) electrons. The second kappa shape index (κ2) is 5.17. The van der Waals surface area contributed by atoms with E-state index in [9.17, 15) is 0 Å². The molecule has 0 spiro atoms. The number of pyridine rings is 1. The number of aryl methyl sites for hydroxylation is 1. The van der Waals surface area contributed by atoms with E-state index in [0.717, 1.165) is 5.69 Å². The maximum absolute atomic E-state index is 6.04. The van der Waals surface area contributed by atoms with Crippen LogP contribution in [-0.2, 0) is 0 Å². The van der Waals surface area contributed by atoms with Crippen LogP contribution in [-0.4, -0.2) is 15.0 Å².